The Hall–Kier alpha value is -4.84. The van der Waals surface area contributed by atoms with Gasteiger partial charge in [0, 0.05) is 47.4 Å². The zero-order chi connectivity index (χ0) is 28.9. The van der Waals surface area contributed by atoms with E-state index in [0.29, 0.717) is 28.6 Å². The van der Waals surface area contributed by atoms with Gasteiger partial charge in [-0.05, 0) is 50.5 Å². The number of aryl methyl sites for hydroxylation is 1. The molecule has 0 fully saturated rings. The number of nitrogens with two attached hydrogens (primary N) is 1. The van der Waals surface area contributed by atoms with Crippen molar-refractivity contribution in [2.75, 3.05) is 18.9 Å². The third kappa shape index (κ3) is 5.93. The number of nitrogen functional groups attached to an aromatic ring is 1. The molecule has 4 N–H and O–H groups in total. The molecule has 5 heterocycles. The van der Waals surface area contributed by atoms with Crippen LogP contribution in [-0.2, 0) is 6.54 Å². The normalized spacial score (nSPS) is 11.4. The van der Waals surface area contributed by atoms with Gasteiger partial charge < -0.3 is 20.8 Å². The number of rotatable bonds is 12. The average molecular weight is 582 g/mol. The number of carbonyl (C=O) groups excluding carboxylic acids is 1. The summed E-state index contributed by atoms with van der Waals surface area (Å²) >= 11 is 1.31. The van der Waals surface area contributed by atoms with Crippen molar-refractivity contribution in [3.8, 4) is 28.3 Å². The van der Waals surface area contributed by atoms with Gasteiger partial charge in [-0.15, -0.1) is 11.3 Å². The molecule has 0 aliphatic rings. The largest absolute Gasteiger partial charge is 0.494 e. The number of aromatic amines is 1. The second-order valence-corrected chi connectivity index (χ2v) is 10.9. The van der Waals surface area contributed by atoms with Crippen molar-refractivity contribution < 1.29 is 9.53 Å². The van der Waals surface area contributed by atoms with Crippen LogP contribution < -0.4 is 15.8 Å². The SMILES string of the molecule is CCNC(=O)c1cc2c(-c3cccc(OCCCCCCn4cc(-c5ncnc6[nH]ccc56)cn4)c3)nc(N)nc2s1. The van der Waals surface area contributed by atoms with E-state index in [9.17, 15) is 4.79 Å². The van der Waals surface area contributed by atoms with Gasteiger partial charge in [0.25, 0.3) is 5.91 Å². The Bertz CT molecular complexity index is 1840. The van der Waals surface area contributed by atoms with Crippen molar-refractivity contribution in [2.24, 2.45) is 0 Å². The van der Waals surface area contributed by atoms with E-state index in [1.54, 1.807) is 6.33 Å². The maximum absolute atomic E-state index is 12.4. The lowest BCUT2D eigenvalue weighted by molar-refractivity contribution is 0.0960. The number of nitrogens with one attached hydrogen (secondary N) is 2. The summed E-state index contributed by atoms with van der Waals surface area (Å²) in [5.41, 5.74) is 10.3. The molecule has 0 radical (unpaired) electrons. The maximum Gasteiger partial charge on any atom is 0.261 e. The Balaban J connectivity index is 0.997. The molecule has 0 bridgehead atoms. The van der Waals surface area contributed by atoms with Gasteiger partial charge >= 0.3 is 0 Å². The van der Waals surface area contributed by atoms with Gasteiger partial charge in [-0.2, -0.15) is 5.10 Å². The average Bonchev–Trinajstić information content (AvgIpc) is 3.76. The van der Waals surface area contributed by atoms with Gasteiger partial charge in [-0.1, -0.05) is 18.6 Å². The van der Waals surface area contributed by atoms with Crippen LogP contribution in [0.15, 0.2) is 61.3 Å². The number of carbonyl (C=O) groups is 1. The molecule has 12 heteroatoms. The number of H-pyrrole nitrogens is 1. The standard InChI is InChI=1S/C30H31N9O2S/c1-2-32-28(40)24-15-23-26(37-30(31)38-29(23)42-24)19-8-7-9-21(14-19)41-13-6-4-3-5-12-39-17-20(16-36-39)25-22-10-11-33-27(22)35-18-34-25/h7-11,14-18H,2-6,12-13H2,1H3,(H,32,40)(H2,31,37,38)(H,33,34,35). The summed E-state index contributed by atoms with van der Waals surface area (Å²) in [6, 6.07) is 11.6. The molecule has 0 unspecified atom stereocenters. The maximum atomic E-state index is 12.4. The molecule has 0 saturated carbocycles. The lowest BCUT2D eigenvalue weighted by Crippen LogP contribution is -2.21. The molecule has 5 aromatic heterocycles. The summed E-state index contributed by atoms with van der Waals surface area (Å²) in [4.78, 5) is 34.3. The lowest BCUT2D eigenvalue weighted by atomic mass is 10.1. The summed E-state index contributed by atoms with van der Waals surface area (Å²) in [6.45, 7) is 3.92. The van der Waals surface area contributed by atoms with Crippen LogP contribution in [0.4, 0.5) is 5.95 Å². The number of hydrogen-bond acceptors (Lipinski definition) is 9. The molecule has 1 amide bonds. The first-order valence-electron chi connectivity index (χ1n) is 14.0. The summed E-state index contributed by atoms with van der Waals surface area (Å²) in [5, 5.41) is 9.14. The van der Waals surface area contributed by atoms with Crippen LogP contribution in [0.2, 0.25) is 0 Å². The Morgan fingerprint density at radius 1 is 1.05 bits per heavy atom. The smallest absolute Gasteiger partial charge is 0.261 e. The molecule has 0 aliphatic heterocycles. The van der Waals surface area contributed by atoms with Gasteiger partial charge in [-0.25, -0.2) is 19.9 Å². The van der Waals surface area contributed by atoms with E-state index >= 15 is 0 Å². The first kappa shape index (κ1) is 27.3. The third-order valence-corrected chi connectivity index (χ3v) is 7.92. The molecule has 0 saturated heterocycles. The highest BCUT2D eigenvalue weighted by molar-refractivity contribution is 7.20. The quantitative estimate of drug-likeness (QED) is 0.161. The zero-order valence-corrected chi connectivity index (χ0v) is 24.0. The number of amides is 1. The fraction of sp³-hybridized carbons (Fsp3) is 0.267. The molecule has 214 valence electrons. The highest BCUT2D eigenvalue weighted by Crippen LogP contribution is 2.34. The van der Waals surface area contributed by atoms with E-state index in [1.165, 1.54) is 11.3 Å². The van der Waals surface area contributed by atoms with Crippen LogP contribution in [0.25, 0.3) is 43.8 Å². The highest BCUT2D eigenvalue weighted by atomic mass is 32.1. The van der Waals surface area contributed by atoms with E-state index in [0.717, 1.165) is 71.2 Å². The second kappa shape index (κ2) is 12.4. The lowest BCUT2D eigenvalue weighted by Gasteiger charge is -2.09. The zero-order valence-electron chi connectivity index (χ0n) is 23.2. The fourth-order valence-electron chi connectivity index (χ4n) is 4.88. The molecular formula is C30H31N9O2S. The molecule has 11 nitrogen and oxygen atoms in total. The van der Waals surface area contributed by atoms with Crippen molar-refractivity contribution >= 4 is 44.4 Å². The fourth-order valence-corrected chi connectivity index (χ4v) is 5.84. The first-order valence-corrected chi connectivity index (χ1v) is 14.8. The minimum absolute atomic E-state index is 0.128. The Morgan fingerprint density at radius 3 is 2.86 bits per heavy atom. The molecule has 1 aromatic carbocycles. The van der Waals surface area contributed by atoms with Crippen LogP contribution in [0.1, 0.15) is 42.3 Å². The third-order valence-electron chi connectivity index (χ3n) is 6.89. The first-order chi connectivity index (χ1) is 20.6. The van der Waals surface area contributed by atoms with Crippen molar-refractivity contribution in [1.82, 2.24) is 40.0 Å². The number of unbranched alkanes of at least 4 members (excludes halogenated alkanes) is 3. The summed E-state index contributed by atoms with van der Waals surface area (Å²) in [6.07, 6.45) is 11.5. The molecule has 0 aliphatic carbocycles. The van der Waals surface area contributed by atoms with Gasteiger partial charge in [-0.3, -0.25) is 9.48 Å². The Labute approximate surface area is 246 Å². The van der Waals surface area contributed by atoms with E-state index in [2.05, 4.69) is 35.3 Å². The van der Waals surface area contributed by atoms with Gasteiger partial charge in [0.15, 0.2) is 0 Å². The van der Waals surface area contributed by atoms with E-state index in [1.807, 2.05) is 66.6 Å². The number of hydrogen-bond donors (Lipinski definition) is 3. The summed E-state index contributed by atoms with van der Waals surface area (Å²) < 4.78 is 8.04. The number of thiophene rings is 1. The van der Waals surface area contributed by atoms with Crippen LogP contribution in [-0.4, -0.2) is 53.8 Å². The van der Waals surface area contributed by atoms with Crippen molar-refractivity contribution in [3.63, 3.8) is 0 Å². The predicted molar refractivity (Wildman–Crippen MR) is 164 cm³/mol. The minimum atomic E-state index is -0.128. The van der Waals surface area contributed by atoms with E-state index < -0.39 is 0 Å². The van der Waals surface area contributed by atoms with Crippen molar-refractivity contribution in [1.29, 1.82) is 0 Å². The monoisotopic (exact) mass is 581 g/mol. The van der Waals surface area contributed by atoms with Crippen molar-refractivity contribution in [2.45, 2.75) is 39.2 Å². The van der Waals surface area contributed by atoms with E-state index in [-0.39, 0.29) is 11.9 Å². The van der Waals surface area contributed by atoms with Crippen LogP contribution in [0, 0.1) is 0 Å². The number of ether oxygens (including phenoxy) is 1. The molecule has 0 spiro atoms. The van der Waals surface area contributed by atoms with Gasteiger partial charge in [0.2, 0.25) is 5.95 Å². The topological polar surface area (TPSA) is 150 Å². The number of anilines is 1. The van der Waals surface area contributed by atoms with Gasteiger partial charge in [0.05, 0.1) is 29.1 Å². The Kier molecular flexibility index (Phi) is 8.04. The van der Waals surface area contributed by atoms with Crippen LogP contribution >= 0.6 is 11.3 Å². The number of aromatic nitrogens is 7. The number of benzene rings is 1. The summed E-state index contributed by atoms with van der Waals surface area (Å²) in [7, 11) is 0. The molecule has 6 aromatic rings. The number of nitrogens with zero attached hydrogens (tertiary/aromatic N) is 6. The molecule has 42 heavy (non-hydrogen) atoms. The second-order valence-electron chi connectivity index (χ2n) is 9.86. The number of fused-ring (bicyclic) bond motifs is 2. The molecular weight excluding hydrogens is 550 g/mol. The molecule has 6 rings (SSSR count). The molecule has 0 atom stereocenters. The van der Waals surface area contributed by atoms with E-state index in [4.69, 9.17) is 10.5 Å². The highest BCUT2D eigenvalue weighted by Gasteiger charge is 2.16. The predicted octanol–water partition coefficient (Wildman–Crippen LogP) is 5.46. The minimum Gasteiger partial charge on any atom is -0.494 e. The van der Waals surface area contributed by atoms with Crippen LogP contribution in [0.5, 0.6) is 5.75 Å². The van der Waals surface area contributed by atoms with Crippen molar-refractivity contribution in [3.05, 3.63) is 66.2 Å². The van der Waals surface area contributed by atoms with Crippen LogP contribution in [0.3, 0.4) is 0 Å². The summed E-state index contributed by atoms with van der Waals surface area (Å²) in [5.74, 6) is 0.811. The Morgan fingerprint density at radius 2 is 1.95 bits per heavy atom. The van der Waals surface area contributed by atoms with Gasteiger partial charge in [0.1, 0.15) is 22.6 Å².